The number of anilines is 1. The van der Waals surface area contributed by atoms with E-state index in [0.29, 0.717) is 18.3 Å². The molecule has 0 bridgehead atoms. The van der Waals surface area contributed by atoms with Gasteiger partial charge in [0.25, 0.3) is 0 Å². The minimum atomic E-state index is 0.385. The van der Waals surface area contributed by atoms with Gasteiger partial charge in [-0.05, 0) is 12.1 Å². The van der Waals surface area contributed by atoms with E-state index in [-0.39, 0.29) is 0 Å². The fourth-order valence-corrected chi connectivity index (χ4v) is 1.25. The van der Waals surface area contributed by atoms with Crippen LogP contribution in [0.25, 0.3) is 11.4 Å². The van der Waals surface area contributed by atoms with Crippen LogP contribution in [0.4, 0.5) is 5.95 Å². The highest BCUT2D eigenvalue weighted by atomic mass is 15.4. The number of rotatable bonds is 2. The van der Waals surface area contributed by atoms with E-state index in [1.165, 1.54) is 4.68 Å². The summed E-state index contributed by atoms with van der Waals surface area (Å²) >= 11 is 0. The molecule has 0 amide bonds. The zero-order valence-electron chi connectivity index (χ0n) is 8.38. The summed E-state index contributed by atoms with van der Waals surface area (Å²) in [6, 6.07) is 3.68. The summed E-state index contributed by atoms with van der Waals surface area (Å²) in [5.74, 6) is 0.975. The molecule has 0 aliphatic carbocycles. The number of aromatic nitrogens is 4. The SMILES string of the molecule is Cn1nc(-c2ccnc(CN)c2)nc1N. The van der Waals surface area contributed by atoms with Gasteiger partial charge in [-0.2, -0.15) is 4.98 Å². The zero-order chi connectivity index (χ0) is 10.8. The first-order valence-electron chi connectivity index (χ1n) is 4.52. The van der Waals surface area contributed by atoms with Crippen molar-refractivity contribution in [3.8, 4) is 11.4 Å². The molecule has 6 nitrogen and oxygen atoms in total. The number of pyridine rings is 1. The van der Waals surface area contributed by atoms with Gasteiger partial charge in [0.1, 0.15) is 0 Å². The summed E-state index contributed by atoms with van der Waals surface area (Å²) < 4.78 is 1.53. The lowest BCUT2D eigenvalue weighted by molar-refractivity contribution is 0.780. The van der Waals surface area contributed by atoms with Gasteiger partial charge < -0.3 is 11.5 Å². The van der Waals surface area contributed by atoms with E-state index in [0.717, 1.165) is 11.3 Å². The van der Waals surface area contributed by atoms with Crippen molar-refractivity contribution >= 4 is 5.95 Å². The van der Waals surface area contributed by atoms with E-state index in [1.807, 2.05) is 12.1 Å². The Balaban J connectivity index is 2.44. The molecular weight excluding hydrogens is 192 g/mol. The molecule has 2 rings (SSSR count). The lowest BCUT2D eigenvalue weighted by Crippen LogP contribution is -1.99. The van der Waals surface area contributed by atoms with Gasteiger partial charge in [0.15, 0.2) is 5.82 Å². The van der Waals surface area contributed by atoms with Crippen molar-refractivity contribution in [2.24, 2.45) is 12.8 Å². The van der Waals surface area contributed by atoms with E-state index in [2.05, 4.69) is 15.1 Å². The monoisotopic (exact) mass is 204 g/mol. The fraction of sp³-hybridized carbons (Fsp3) is 0.222. The van der Waals surface area contributed by atoms with Crippen LogP contribution in [-0.4, -0.2) is 19.7 Å². The molecule has 0 radical (unpaired) electrons. The highest BCUT2D eigenvalue weighted by molar-refractivity contribution is 5.55. The summed E-state index contributed by atoms with van der Waals surface area (Å²) in [5.41, 5.74) is 12.8. The quantitative estimate of drug-likeness (QED) is 0.713. The standard InChI is InChI=1S/C9H12N6/c1-15-9(11)13-8(14-15)6-2-3-12-7(4-6)5-10/h2-4H,5,10H2,1H3,(H2,11,13,14). The van der Waals surface area contributed by atoms with Gasteiger partial charge in [0, 0.05) is 25.4 Å². The van der Waals surface area contributed by atoms with E-state index in [1.54, 1.807) is 13.2 Å². The summed E-state index contributed by atoms with van der Waals surface area (Å²) in [7, 11) is 1.75. The number of aryl methyl sites for hydroxylation is 1. The van der Waals surface area contributed by atoms with E-state index >= 15 is 0 Å². The summed E-state index contributed by atoms with van der Waals surface area (Å²) in [6.45, 7) is 0.399. The second-order valence-corrected chi connectivity index (χ2v) is 3.16. The van der Waals surface area contributed by atoms with Crippen molar-refractivity contribution < 1.29 is 0 Å². The minimum Gasteiger partial charge on any atom is -0.368 e. The van der Waals surface area contributed by atoms with Crippen molar-refractivity contribution in [1.29, 1.82) is 0 Å². The van der Waals surface area contributed by atoms with Crippen LogP contribution in [0.15, 0.2) is 18.3 Å². The third-order valence-corrected chi connectivity index (χ3v) is 2.08. The van der Waals surface area contributed by atoms with Gasteiger partial charge in [0.2, 0.25) is 5.95 Å². The Morgan fingerprint density at radius 3 is 2.87 bits per heavy atom. The molecule has 0 atom stereocenters. The average Bonchev–Trinajstić information content (AvgIpc) is 2.59. The van der Waals surface area contributed by atoms with Crippen molar-refractivity contribution in [2.75, 3.05) is 5.73 Å². The van der Waals surface area contributed by atoms with Crippen molar-refractivity contribution in [1.82, 2.24) is 19.7 Å². The Hall–Kier alpha value is -1.95. The van der Waals surface area contributed by atoms with Gasteiger partial charge in [-0.1, -0.05) is 0 Å². The van der Waals surface area contributed by atoms with Gasteiger partial charge in [-0.15, -0.1) is 5.10 Å². The first-order chi connectivity index (χ1) is 7.20. The lowest BCUT2D eigenvalue weighted by atomic mass is 10.2. The Morgan fingerprint density at radius 1 is 1.47 bits per heavy atom. The molecule has 6 heteroatoms. The first kappa shape index (κ1) is 9.60. The third kappa shape index (κ3) is 1.79. The smallest absolute Gasteiger partial charge is 0.218 e. The molecule has 0 fully saturated rings. The number of nitrogens with zero attached hydrogens (tertiary/aromatic N) is 4. The molecule has 0 saturated carbocycles. The van der Waals surface area contributed by atoms with Crippen LogP contribution in [0.5, 0.6) is 0 Å². The van der Waals surface area contributed by atoms with Gasteiger partial charge in [-0.3, -0.25) is 4.98 Å². The van der Waals surface area contributed by atoms with Crippen LogP contribution in [0.2, 0.25) is 0 Å². The number of nitrogen functional groups attached to an aromatic ring is 1. The third-order valence-electron chi connectivity index (χ3n) is 2.08. The van der Waals surface area contributed by atoms with E-state index in [9.17, 15) is 0 Å². The van der Waals surface area contributed by atoms with Gasteiger partial charge in [-0.25, -0.2) is 4.68 Å². The van der Waals surface area contributed by atoms with Crippen LogP contribution in [-0.2, 0) is 13.6 Å². The van der Waals surface area contributed by atoms with Crippen LogP contribution < -0.4 is 11.5 Å². The highest BCUT2D eigenvalue weighted by Crippen LogP contribution is 2.15. The number of hydrogen-bond donors (Lipinski definition) is 2. The van der Waals surface area contributed by atoms with Crippen LogP contribution in [0, 0.1) is 0 Å². The van der Waals surface area contributed by atoms with E-state index in [4.69, 9.17) is 11.5 Å². The second kappa shape index (κ2) is 3.66. The molecule has 0 saturated heterocycles. The molecule has 0 aromatic carbocycles. The largest absolute Gasteiger partial charge is 0.368 e. The maximum atomic E-state index is 5.60. The van der Waals surface area contributed by atoms with Crippen molar-refractivity contribution in [3.05, 3.63) is 24.0 Å². The molecular formula is C9H12N6. The molecule has 2 aromatic heterocycles. The van der Waals surface area contributed by atoms with Crippen molar-refractivity contribution in [3.63, 3.8) is 0 Å². The van der Waals surface area contributed by atoms with Crippen molar-refractivity contribution in [2.45, 2.75) is 6.54 Å². The summed E-state index contributed by atoms with van der Waals surface area (Å²) in [4.78, 5) is 8.21. The molecule has 2 aromatic rings. The minimum absolute atomic E-state index is 0.385. The molecule has 15 heavy (non-hydrogen) atoms. The Labute approximate surface area is 86.9 Å². The molecule has 4 N–H and O–H groups in total. The molecule has 0 unspecified atom stereocenters. The maximum absolute atomic E-state index is 5.60. The van der Waals surface area contributed by atoms with Crippen LogP contribution in [0.1, 0.15) is 5.69 Å². The Bertz CT molecular complexity index is 456. The molecule has 0 spiro atoms. The number of nitrogens with two attached hydrogens (primary N) is 2. The topological polar surface area (TPSA) is 95.6 Å². The molecule has 78 valence electrons. The molecule has 2 heterocycles. The summed E-state index contributed by atoms with van der Waals surface area (Å²) in [5, 5.41) is 4.17. The van der Waals surface area contributed by atoms with Crippen LogP contribution >= 0.6 is 0 Å². The maximum Gasteiger partial charge on any atom is 0.218 e. The molecule has 0 aliphatic heterocycles. The predicted molar refractivity (Wildman–Crippen MR) is 56.5 cm³/mol. The normalized spacial score (nSPS) is 10.5. The first-order valence-corrected chi connectivity index (χ1v) is 4.52. The summed E-state index contributed by atoms with van der Waals surface area (Å²) in [6.07, 6.45) is 1.68. The second-order valence-electron chi connectivity index (χ2n) is 3.16. The van der Waals surface area contributed by atoms with Crippen LogP contribution in [0.3, 0.4) is 0 Å². The zero-order valence-corrected chi connectivity index (χ0v) is 8.38. The molecule has 0 aliphatic rings. The lowest BCUT2D eigenvalue weighted by Gasteiger charge is -1.97. The predicted octanol–water partition coefficient (Wildman–Crippen LogP) is -0.0820. The Morgan fingerprint density at radius 2 is 2.27 bits per heavy atom. The van der Waals surface area contributed by atoms with Gasteiger partial charge in [0.05, 0.1) is 5.69 Å². The van der Waals surface area contributed by atoms with Gasteiger partial charge >= 0.3 is 0 Å². The Kier molecular flexibility index (Phi) is 2.34. The average molecular weight is 204 g/mol. The highest BCUT2D eigenvalue weighted by Gasteiger charge is 2.06. The number of hydrogen-bond acceptors (Lipinski definition) is 5. The van der Waals surface area contributed by atoms with E-state index < -0.39 is 0 Å². The fourth-order valence-electron chi connectivity index (χ4n) is 1.25.